The topological polar surface area (TPSA) is 110 Å². The van der Waals surface area contributed by atoms with Crippen molar-refractivity contribution in [2.75, 3.05) is 6.54 Å². The number of hydrogen-bond acceptors (Lipinski definition) is 6. The number of carbonyl (C=O) groups excluding carboxylic acids is 1. The van der Waals surface area contributed by atoms with Crippen LogP contribution in [-0.4, -0.2) is 43.0 Å². The number of rotatable bonds is 5. The van der Waals surface area contributed by atoms with E-state index in [4.69, 9.17) is 10.2 Å². The number of carbonyl (C=O) groups is 1. The monoisotopic (exact) mass is 449 g/mol. The maximum Gasteiger partial charge on any atom is 0.433 e. The zero-order valence-electron chi connectivity index (χ0n) is 17.3. The number of aryl methyl sites for hydroxylation is 1. The molecule has 32 heavy (non-hydrogen) atoms. The molecule has 0 unspecified atom stereocenters. The van der Waals surface area contributed by atoms with Crippen molar-refractivity contribution in [1.29, 1.82) is 0 Å². The summed E-state index contributed by atoms with van der Waals surface area (Å²) in [7, 11) is 0. The van der Waals surface area contributed by atoms with Gasteiger partial charge in [0.25, 0.3) is 0 Å². The van der Waals surface area contributed by atoms with Gasteiger partial charge in [0.1, 0.15) is 6.26 Å². The third kappa shape index (κ3) is 4.47. The third-order valence-corrected chi connectivity index (χ3v) is 5.34. The third-order valence-electron chi connectivity index (χ3n) is 5.34. The van der Waals surface area contributed by atoms with Crippen molar-refractivity contribution in [3.8, 4) is 17.3 Å². The molecule has 11 heteroatoms. The van der Waals surface area contributed by atoms with E-state index in [0.717, 1.165) is 5.56 Å². The van der Waals surface area contributed by atoms with Crippen LogP contribution in [0.2, 0.25) is 0 Å². The predicted octanol–water partition coefficient (Wildman–Crippen LogP) is 2.87. The lowest BCUT2D eigenvalue weighted by molar-refractivity contribution is -0.142. The van der Waals surface area contributed by atoms with E-state index in [0.29, 0.717) is 5.56 Å². The zero-order valence-corrected chi connectivity index (χ0v) is 17.3. The van der Waals surface area contributed by atoms with Crippen molar-refractivity contribution in [2.45, 2.75) is 45.1 Å². The highest BCUT2D eigenvalue weighted by atomic mass is 19.4. The molecule has 4 rings (SSSR count). The van der Waals surface area contributed by atoms with Gasteiger partial charge >= 0.3 is 6.18 Å². The predicted molar refractivity (Wildman–Crippen MR) is 107 cm³/mol. The van der Waals surface area contributed by atoms with Crippen LogP contribution < -0.4 is 5.73 Å². The molecule has 170 valence electrons. The quantitative estimate of drug-likeness (QED) is 0.620. The van der Waals surface area contributed by atoms with E-state index in [1.807, 2.05) is 6.92 Å². The Morgan fingerprint density at radius 1 is 1.38 bits per heavy atom. The number of hydrogen-bond donors (Lipinski definition) is 2. The molecule has 1 aliphatic rings. The van der Waals surface area contributed by atoms with Gasteiger partial charge in [-0.3, -0.25) is 4.79 Å². The summed E-state index contributed by atoms with van der Waals surface area (Å²) in [5, 5.41) is 9.87. The number of nitrogens with two attached hydrogens (primary N) is 1. The van der Waals surface area contributed by atoms with E-state index >= 15 is 0 Å². The van der Waals surface area contributed by atoms with E-state index in [9.17, 15) is 23.1 Å². The molecule has 0 radical (unpaired) electrons. The summed E-state index contributed by atoms with van der Waals surface area (Å²) < 4.78 is 47.4. The minimum Gasteiger partial charge on any atom is -0.494 e. The Bertz CT molecular complexity index is 1120. The van der Waals surface area contributed by atoms with Crippen LogP contribution in [0, 0.1) is 6.92 Å². The minimum absolute atomic E-state index is 0.00540. The Kier molecular flexibility index (Phi) is 5.68. The summed E-state index contributed by atoms with van der Waals surface area (Å²) in [5.41, 5.74) is 6.46. The molecule has 0 saturated heterocycles. The van der Waals surface area contributed by atoms with Crippen molar-refractivity contribution in [3.05, 3.63) is 53.4 Å². The van der Waals surface area contributed by atoms with E-state index in [1.54, 1.807) is 16.8 Å². The molecule has 3 aromatic heterocycles. The highest BCUT2D eigenvalue weighted by Gasteiger charge is 2.39. The molecule has 0 spiro atoms. The fourth-order valence-electron chi connectivity index (χ4n) is 3.85. The molecule has 0 aromatic carbocycles. The number of nitrogens with zero attached hydrogens (tertiary/aromatic N) is 4. The largest absolute Gasteiger partial charge is 0.494 e. The number of aromatic hydroxyl groups is 1. The van der Waals surface area contributed by atoms with E-state index < -0.39 is 17.9 Å². The molecule has 4 heterocycles. The molecule has 1 atom stereocenters. The molecule has 0 fully saturated rings. The van der Waals surface area contributed by atoms with Crippen molar-refractivity contribution in [3.63, 3.8) is 0 Å². The van der Waals surface area contributed by atoms with Gasteiger partial charge in [-0.2, -0.15) is 13.2 Å². The molecule has 0 aliphatic carbocycles. The first-order valence-corrected chi connectivity index (χ1v) is 10.0. The lowest BCUT2D eigenvalue weighted by Gasteiger charge is -2.30. The van der Waals surface area contributed by atoms with Crippen LogP contribution in [0.25, 0.3) is 11.4 Å². The summed E-state index contributed by atoms with van der Waals surface area (Å²) in [6, 6.07) is 2.50. The van der Waals surface area contributed by atoms with Gasteiger partial charge in [0, 0.05) is 43.4 Å². The Morgan fingerprint density at radius 2 is 2.16 bits per heavy atom. The second kappa shape index (κ2) is 8.30. The second-order valence-corrected chi connectivity index (χ2v) is 7.89. The average molecular weight is 449 g/mol. The maximum atomic E-state index is 13.6. The number of amides is 1. The first-order chi connectivity index (χ1) is 15.1. The summed E-state index contributed by atoms with van der Waals surface area (Å²) >= 11 is 0. The molecule has 0 bridgehead atoms. The zero-order chi connectivity index (χ0) is 23.0. The van der Waals surface area contributed by atoms with Gasteiger partial charge in [-0.1, -0.05) is 0 Å². The van der Waals surface area contributed by atoms with Gasteiger partial charge in [0.05, 0.1) is 24.1 Å². The highest BCUT2D eigenvalue weighted by Crippen LogP contribution is 2.35. The smallest absolute Gasteiger partial charge is 0.433 e. The minimum atomic E-state index is -4.64. The molecular weight excluding hydrogens is 427 g/mol. The Balaban J connectivity index is 1.52. The van der Waals surface area contributed by atoms with Crippen LogP contribution >= 0.6 is 0 Å². The highest BCUT2D eigenvalue weighted by molar-refractivity contribution is 5.77. The van der Waals surface area contributed by atoms with Crippen LogP contribution in [-0.2, 0) is 30.5 Å². The van der Waals surface area contributed by atoms with E-state index in [-0.39, 0.29) is 61.3 Å². The van der Waals surface area contributed by atoms with Gasteiger partial charge in [0.15, 0.2) is 17.4 Å². The first-order valence-electron chi connectivity index (χ1n) is 10.0. The summed E-state index contributed by atoms with van der Waals surface area (Å²) in [5.74, 6) is -0.335. The van der Waals surface area contributed by atoms with Gasteiger partial charge in [0.2, 0.25) is 5.91 Å². The van der Waals surface area contributed by atoms with Crippen LogP contribution in [0.5, 0.6) is 5.88 Å². The van der Waals surface area contributed by atoms with Crippen LogP contribution in [0.1, 0.15) is 28.9 Å². The SMILES string of the molecule is Cc1cc(O)n(C[C@@H](N)CC(=O)N2CCc3c(nc(-c4ccoc4)nc3C(F)(F)F)C2)c1. The van der Waals surface area contributed by atoms with Crippen molar-refractivity contribution in [2.24, 2.45) is 5.73 Å². The van der Waals surface area contributed by atoms with Gasteiger partial charge in [-0.15, -0.1) is 0 Å². The molecule has 8 nitrogen and oxygen atoms in total. The molecular formula is C21H22F3N5O3. The van der Waals surface area contributed by atoms with Gasteiger partial charge in [-0.05, 0) is 25.0 Å². The van der Waals surface area contributed by atoms with Crippen LogP contribution in [0.3, 0.4) is 0 Å². The average Bonchev–Trinajstić information content (AvgIpc) is 3.35. The Morgan fingerprint density at radius 3 is 2.78 bits per heavy atom. The van der Waals surface area contributed by atoms with Crippen molar-refractivity contribution >= 4 is 5.91 Å². The molecule has 0 saturated carbocycles. The Labute approximate surface area is 181 Å². The Hall–Kier alpha value is -3.34. The number of fused-ring (bicyclic) bond motifs is 1. The maximum absolute atomic E-state index is 13.6. The fraction of sp³-hybridized carbons (Fsp3) is 0.381. The number of alkyl halides is 3. The van der Waals surface area contributed by atoms with Gasteiger partial charge < -0.3 is 24.7 Å². The van der Waals surface area contributed by atoms with Crippen molar-refractivity contribution < 1.29 is 27.5 Å². The molecule has 1 aliphatic heterocycles. The number of furan rings is 1. The fourth-order valence-corrected chi connectivity index (χ4v) is 3.85. The van der Waals surface area contributed by atoms with Crippen molar-refractivity contribution in [1.82, 2.24) is 19.4 Å². The molecule has 1 amide bonds. The number of halogens is 3. The lowest BCUT2D eigenvalue weighted by Crippen LogP contribution is -2.41. The van der Waals surface area contributed by atoms with Gasteiger partial charge in [-0.25, -0.2) is 9.97 Å². The van der Waals surface area contributed by atoms with E-state index in [2.05, 4.69) is 9.97 Å². The number of aromatic nitrogens is 3. The summed E-state index contributed by atoms with van der Waals surface area (Å²) in [6.07, 6.45) is -0.343. The standard InChI is InChI=1S/C21H22F3N5O3/c1-12-6-17(30)29(8-12)9-14(25)7-18(31)28-4-2-15-16(10-28)26-20(13-3-5-32-11-13)27-19(15)21(22,23)24/h3,5-6,8,11,14,30H,2,4,7,9-10,25H2,1H3/t14-/m0/s1. The normalized spacial score (nSPS) is 15.0. The lowest BCUT2D eigenvalue weighted by atomic mass is 10.0. The summed E-state index contributed by atoms with van der Waals surface area (Å²) in [6.45, 7) is 2.11. The van der Waals surface area contributed by atoms with Crippen LogP contribution in [0.15, 0.2) is 35.3 Å². The summed E-state index contributed by atoms with van der Waals surface area (Å²) in [4.78, 5) is 22.3. The first kappa shape index (κ1) is 21.9. The van der Waals surface area contributed by atoms with E-state index in [1.165, 1.54) is 23.5 Å². The molecule has 3 N–H and O–H groups in total. The van der Waals surface area contributed by atoms with Crippen LogP contribution in [0.4, 0.5) is 13.2 Å². The second-order valence-electron chi connectivity index (χ2n) is 7.89. The molecule has 3 aromatic rings.